The molecule has 0 aromatic heterocycles. The van der Waals surface area contributed by atoms with Crippen molar-refractivity contribution in [2.75, 3.05) is 26.3 Å². The number of ether oxygens (including phenoxy) is 3. The van der Waals surface area contributed by atoms with Gasteiger partial charge in [-0.1, -0.05) is 6.92 Å². The smallest absolute Gasteiger partial charge is 0.444 e. The van der Waals surface area contributed by atoms with Gasteiger partial charge in [0.15, 0.2) is 0 Å². The number of likely N-dealkylation sites (tertiary alicyclic amines) is 1. The number of alkyl halides is 3. The molecule has 1 amide bonds. The van der Waals surface area contributed by atoms with E-state index in [9.17, 15) is 18.0 Å². The zero-order chi connectivity index (χ0) is 17.0. The summed E-state index contributed by atoms with van der Waals surface area (Å²) in [5.74, 6) is 0. The fraction of sp³-hybridized carbons (Fsp3) is 0.929. The van der Waals surface area contributed by atoms with Crippen molar-refractivity contribution in [3.8, 4) is 0 Å². The Kier molecular flexibility index (Phi) is 6.09. The molecule has 22 heavy (non-hydrogen) atoms. The van der Waals surface area contributed by atoms with Crippen LogP contribution in [0.1, 0.15) is 40.5 Å². The minimum absolute atomic E-state index is 0.171. The number of nitrogens with zero attached hydrogens (tertiary/aromatic N) is 1. The SMILES string of the molecule is CCC1(OCCOC(F)(F)F)CCN(C(=O)OC(C)(C)C)C1. The molecule has 0 spiro atoms. The molecule has 130 valence electrons. The number of amides is 1. The Morgan fingerprint density at radius 1 is 1.23 bits per heavy atom. The summed E-state index contributed by atoms with van der Waals surface area (Å²) in [4.78, 5) is 13.5. The van der Waals surface area contributed by atoms with Crippen LogP contribution in [0.2, 0.25) is 0 Å². The van der Waals surface area contributed by atoms with Crippen LogP contribution in [-0.2, 0) is 14.2 Å². The summed E-state index contributed by atoms with van der Waals surface area (Å²) < 4.78 is 50.3. The molecule has 1 aliphatic heterocycles. The lowest BCUT2D eigenvalue weighted by Gasteiger charge is -2.29. The maximum Gasteiger partial charge on any atom is 0.522 e. The second kappa shape index (κ2) is 7.04. The monoisotopic (exact) mass is 327 g/mol. The molecule has 0 saturated carbocycles. The first-order valence-corrected chi connectivity index (χ1v) is 7.29. The van der Waals surface area contributed by atoms with Crippen molar-refractivity contribution >= 4 is 6.09 Å². The maximum absolute atomic E-state index is 12.0. The summed E-state index contributed by atoms with van der Waals surface area (Å²) in [6.45, 7) is 7.25. The van der Waals surface area contributed by atoms with Crippen molar-refractivity contribution in [1.29, 1.82) is 0 Å². The van der Waals surface area contributed by atoms with E-state index in [0.717, 1.165) is 0 Å². The van der Waals surface area contributed by atoms with E-state index in [-0.39, 0.29) is 6.61 Å². The molecule has 1 fully saturated rings. The van der Waals surface area contributed by atoms with Crippen molar-refractivity contribution in [3.05, 3.63) is 0 Å². The first-order valence-electron chi connectivity index (χ1n) is 7.29. The van der Waals surface area contributed by atoms with Crippen molar-refractivity contribution in [3.63, 3.8) is 0 Å². The Hall–Kier alpha value is -1.02. The molecule has 1 atom stereocenters. The zero-order valence-electron chi connectivity index (χ0n) is 13.5. The van der Waals surface area contributed by atoms with Gasteiger partial charge >= 0.3 is 12.5 Å². The van der Waals surface area contributed by atoms with Crippen LogP contribution in [-0.4, -0.2) is 54.9 Å². The number of halogens is 3. The van der Waals surface area contributed by atoms with Crippen LogP contribution in [0.3, 0.4) is 0 Å². The fourth-order valence-corrected chi connectivity index (χ4v) is 2.25. The van der Waals surface area contributed by atoms with E-state index in [4.69, 9.17) is 9.47 Å². The van der Waals surface area contributed by atoms with Gasteiger partial charge in [0, 0.05) is 6.54 Å². The van der Waals surface area contributed by atoms with Gasteiger partial charge in [-0.2, -0.15) is 0 Å². The predicted octanol–water partition coefficient (Wildman–Crippen LogP) is 3.33. The van der Waals surface area contributed by atoms with Crippen LogP contribution in [0.5, 0.6) is 0 Å². The van der Waals surface area contributed by atoms with Gasteiger partial charge in [0.1, 0.15) is 5.60 Å². The molecule has 1 heterocycles. The molecule has 0 aromatic carbocycles. The van der Waals surface area contributed by atoms with E-state index in [1.165, 1.54) is 4.90 Å². The number of hydrogen-bond donors (Lipinski definition) is 0. The van der Waals surface area contributed by atoms with Gasteiger partial charge in [0.25, 0.3) is 0 Å². The lowest BCUT2D eigenvalue weighted by atomic mass is 10.00. The number of rotatable bonds is 5. The molecule has 1 saturated heterocycles. The van der Waals surface area contributed by atoms with Crippen LogP contribution in [0.15, 0.2) is 0 Å². The lowest BCUT2D eigenvalue weighted by molar-refractivity contribution is -0.328. The third-order valence-electron chi connectivity index (χ3n) is 3.37. The van der Waals surface area contributed by atoms with E-state index in [1.54, 1.807) is 20.8 Å². The zero-order valence-corrected chi connectivity index (χ0v) is 13.5. The molecule has 0 aliphatic carbocycles. The average Bonchev–Trinajstić information content (AvgIpc) is 2.77. The standard InChI is InChI=1S/C14H24F3NO4/c1-5-13(20-8-9-21-14(15,16)17)6-7-18(10-13)11(19)22-12(2,3)4/h5-10H2,1-4H3. The normalized spacial score (nSPS) is 23.0. The third kappa shape index (κ3) is 6.39. The van der Waals surface area contributed by atoms with Gasteiger partial charge in [0.05, 0.1) is 25.4 Å². The Bertz CT molecular complexity index is 381. The average molecular weight is 327 g/mol. The van der Waals surface area contributed by atoms with Crippen LogP contribution in [0, 0.1) is 0 Å². The van der Waals surface area contributed by atoms with E-state index >= 15 is 0 Å². The second-order valence-corrected chi connectivity index (χ2v) is 6.33. The second-order valence-electron chi connectivity index (χ2n) is 6.33. The van der Waals surface area contributed by atoms with E-state index < -0.39 is 30.3 Å². The number of hydrogen-bond acceptors (Lipinski definition) is 4. The minimum Gasteiger partial charge on any atom is -0.444 e. The fourth-order valence-electron chi connectivity index (χ4n) is 2.25. The van der Waals surface area contributed by atoms with Gasteiger partial charge in [-0.25, -0.2) is 4.79 Å². The highest BCUT2D eigenvalue weighted by Crippen LogP contribution is 2.30. The molecule has 1 unspecified atom stereocenters. The molecular formula is C14H24F3NO4. The highest BCUT2D eigenvalue weighted by Gasteiger charge is 2.41. The summed E-state index contributed by atoms with van der Waals surface area (Å²) in [7, 11) is 0. The highest BCUT2D eigenvalue weighted by atomic mass is 19.4. The molecular weight excluding hydrogens is 303 g/mol. The van der Waals surface area contributed by atoms with Crippen molar-refractivity contribution in [1.82, 2.24) is 4.90 Å². The summed E-state index contributed by atoms with van der Waals surface area (Å²) in [6, 6.07) is 0. The van der Waals surface area contributed by atoms with Crippen LogP contribution < -0.4 is 0 Å². The summed E-state index contributed by atoms with van der Waals surface area (Å²) in [5.41, 5.74) is -1.22. The van der Waals surface area contributed by atoms with Crippen molar-refractivity contribution in [2.24, 2.45) is 0 Å². The Balaban J connectivity index is 2.46. The third-order valence-corrected chi connectivity index (χ3v) is 3.37. The van der Waals surface area contributed by atoms with Gasteiger partial charge in [-0.15, -0.1) is 13.2 Å². The van der Waals surface area contributed by atoms with Gasteiger partial charge in [-0.05, 0) is 33.6 Å². The van der Waals surface area contributed by atoms with Crippen LogP contribution in [0.25, 0.3) is 0 Å². The van der Waals surface area contributed by atoms with E-state index in [0.29, 0.717) is 25.9 Å². The maximum atomic E-state index is 12.0. The largest absolute Gasteiger partial charge is 0.522 e. The molecule has 5 nitrogen and oxygen atoms in total. The van der Waals surface area contributed by atoms with Gasteiger partial charge < -0.3 is 14.4 Å². The van der Waals surface area contributed by atoms with Crippen molar-refractivity contribution in [2.45, 2.75) is 58.1 Å². The first-order chi connectivity index (χ1) is 9.96. The molecule has 0 N–H and O–H groups in total. The molecule has 0 bridgehead atoms. The molecule has 1 rings (SSSR count). The topological polar surface area (TPSA) is 48.0 Å². The quantitative estimate of drug-likeness (QED) is 0.727. The minimum atomic E-state index is -4.65. The van der Waals surface area contributed by atoms with Crippen molar-refractivity contribution < 1.29 is 32.2 Å². The number of carbonyl (C=O) groups is 1. The summed E-state index contributed by atoms with van der Waals surface area (Å²) in [6.07, 6.45) is -3.92. The Morgan fingerprint density at radius 2 is 1.86 bits per heavy atom. The molecule has 0 aromatic rings. The Labute approximate surface area is 128 Å². The van der Waals surface area contributed by atoms with E-state index in [1.807, 2.05) is 6.92 Å². The summed E-state index contributed by atoms with van der Waals surface area (Å²) >= 11 is 0. The van der Waals surface area contributed by atoms with E-state index in [2.05, 4.69) is 4.74 Å². The lowest BCUT2D eigenvalue weighted by Crippen LogP contribution is -2.40. The predicted molar refractivity (Wildman–Crippen MR) is 73.4 cm³/mol. The summed E-state index contributed by atoms with van der Waals surface area (Å²) in [5, 5.41) is 0. The van der Waals surface area contributed by atoms with Crippen LogP contribution in [0.4, 0.5) is 18.0 Å². The highest BCUT2D eigenvalue weighted by molar-refractivity contribution is 5.68. The first kappa shape index (κ1) is 19.0. The van der Waals surface area contributed by atoms with Crippen LogP contribution >= 0.6 is 0 Å². The number of carbonyl (C=O) groups excluding carboxylic acids is 1. The molecule has 0 radical (unpaired) electrons. The van der Waals surface area contributed by atoms with Gasteiger partial charge in [0.2, 0.25) is 0 Å². The Morgan fingerprint density at radius 3 is 2.36 bits per heavy atom. The molecule has 8 heteroatoms. The molecule has 1 aliphatic rings. The van der Waals surface area contributed by atoms with Gasteiger partial charge in [-0.3, -0.25) is 4.74 Å².